The third kappa shape index (κ3) is 3.79. The van der Waals surface area contributed by atoms with Crippen LogP contribution < -0.4 is 9.64 Å². The second-order valence-electron chi connectivity index (χ2n) is 5.51. The van der Waals surface area contributed by atoms with Gasteiger partial charge in [0.2, 0.25) is 11.8 Å². The number of hydrogen-bond donors (Lipinski definition) is 0. The van der Waals surface area contributed by atoms with Crippen molar-refractivity contribution in [2.75, 3.05) is 31.1 Å². The fourth-order valence-corrected chi connectivity index (χ4v) is 2.66. The van der Waals surface area contributed by atoms with E-state index in [2.05, 4.69) is 9.97 Å². The summed E-state index contributed by atoms with van der Waals surface area (Å²) in [5, 5.41) is 0. The topological polar surface area (TPSA) is 58.6 Å². The first-order valence-corrected chi connectivity index (χ1v) is 7.87. The van der Waals surface area contributed by atoms with Gasteiger partial charge in [0, 0.05) is 25.7 Å². The lowest BCUT2D eigenvalue weighted by Gasteiger charge is -2.35. The number of carbonyl (C=O) groups is 1. The first-order valence-electron chi connectivity index (χ1n) is 7.87. The zero-order chi connectivity index (χ0) is 16.9. The average Bonchev–Trinajstić information content (AvgIpc) is 2.57. The van der Waals surface area contributed by atoms with Gasteiger partial charge in [0.25, 0.3) is 0 Å². The number of aromatic nitrogens is 2. The highest BCUT2D eigenvalue weighted by molar-refractivity contribution is 5.82. The van der Waals surface area contributed by atoms with Crippen LogP contribution in [0.3, 0.4) is 0 Å². The predicted molar refractivity (Wildman–Crippen MR) is 87.2 cm³/mol. The van der Waals surface area contributed by atoms with Crippen LogP contribution in [0.15, 0.2) is 36.7 Å². The van der Waals surface area contributed by atoms with Crippen LogP contribution in [-0.2, 0) is 11.3 Å². The molecule has 0 spiro atoms. The maximum atomic E-state index is 13.3. The molecule has 126 valence electrons. The first-order chi connectivity index (χ1) is 11.7. The van der Waals surface area contributed by atoms with Crippen LogP contribution in [0.1, 0.15) is 12.5 Å². The summed E-state index contributed by atoms with van der Waals surface area (Å²) in [6.45, 7) is 4.27. The molecule has 1 aliphatic rings. The van der Waals surface area contributed by atoms with Gasteiger partial charge in [-0.2, -0.15) is 0 Å². The molecular formula is C17H19FN4O2. The van der Waals surface area contributed by atoms with Crippen LogP contribution in [0.4, 0.5) is 10.2 Å². The zero-order valence-corrected chi connectivity index (χ0v) is 13.5. The van der Waals surface area contributed by atoms with E-state index in [1.165, 1.54) is 18.5 Å². The van der Waals surface area contributed by atoms with Crippen molar-refractivity contribution in [3.63, 3.8) is 0 Å². The van der Waals surface area contributed by atoms with Crippen molar-refractivity contribution in [3.05, 3.63) is 48.0 Å². The number of nitrogens with zero attached hydrogens (tertiary/aromatic N) is 4. The number of hydrogen-bond acceptors (Lipinski definition) is 5. The van der Waals surface area contributed by atoms with Crippen molar-refractivity contribution < 1.29 is 13.9 Å². The lowest BCUT2D eigenvalue weighted by Crippen LogP contribution is -2.50. The third-order valence-corrected chi connectivity index (χ3v) is 3.82. The molecule has 2 aromatic rings. The SMILES string of the molecule is CCOc1cc(N2CCN(Cc3cccc(F)c3)C(=O)C2)ncn1. The summed E-state index contributed by atoms with van der Waals surface area (Å²) >= 11 is 0. The van der Waals surface area contributed by atoms with Gasteiger partial charge in [0.1, 0.15) is 18.0 Å². The summed E-state index contributed by atoms with van der Waals surface area (Å²) in [5.41, 5.74) is 0.789. The monoisotopic (exact) mass is 330 g/mol. The Morgan fingerprint density at radius 1 is 1.25 bits per heavy atom. The number of halogens is 1. The minimum atomic E-state index is -0.289. The van der Waals surface area contributed by atoms with E-state index in [0.717, 1.165) is 5.56 Å². The number of ether oxygens (including phenoxy) is 1. The highest BCUT2D eigenvalue weighted by Gasteiger charge is 2.25. The van der Waals surface area contributed by atoms with Gasteiger partial charge >= 0.3 is 0 Å². The molecule has 3 rings (SSSR count). The molecule has 0 N–H and O–H groups in total. The highest BCUT2D eigenvalue weighted by Crippen LogP contribution is 2.19. The Balaban J connectivity index is 1.65. The summed E-state index contributed by atoms with van der Waals surface area (Å²) < 4.78 is 18.6. The van der Waals surface area contributed by atoms with Crippen LogP contribution in [-0.4, -0.2) is 47.0 Å². The molecule has 2 heterocycles. The van der Waals surface area contributed by atoms with Crippen molar-refractivity contribution in [3.8, 4) is 5.88 Å². The van der Waals surface area contributed by atoms with E-state index in [0.29, 0.717) is 37.9 Å². The molecule has 1 aromatic heterocycles. The van der Waals surface area contributed by atoms with Crippen molar-refractivity contribution in [2.24, 2.45) is 0 Å². The number of benzene rings is 1. The predicted octanol–water partition coefficient (Wildman–Crippen LogP) is 1.86. The van der Waals surface area contributed by atoms with E-state index in [-0.39, 0.29) is 18.3 Å². The van der Waals surface area contributed by atoms with Crippen LogP contribution in [0.25, 0.3) is 0 Å². The minimum absolute atomic E-state index is 0.0120. The Morgan fingerprint density at radius 3 is 2.88 bits per heavy atom. The number of piperazine rings is 1. The molecule has 24 heavy (non-hydrogen) atoms. The summed E-state index contributed by atoms with van der Waals surface area (Å²) in [5.74, 6) is 0.870. The van der Waals surface area contributed by atoms with Gasteiger partial charge in [0.15, 0.2) is 0 Å². The maximum Gasteiger partial charge on any atom is 0.242 e. The van der Waals surface area contributed by atoms with E-state index in [4.69, 9.17) is 4.74 Å². The molecule has 0 bridgehead atoms. The number of amides is 1. The van der Waals surface area contributed by atoms with Gasteiger partial charge in [-0.05, 0) is 24.6 Å². The fraction of sp³-hybridized carbons (Fsp3) is 0.353. The lowest BCUT2D eigenvalue weighted by atomic mass is 10.2. The van der Waals surface area contributed by atoms with E-state index in [9.17, 15) is 9.18 Å². The Kier molecular flexibility index (Phi) is 4.88. The van der Waals surface area contributed by atoms with Crippen LogP contribution >= 0.6 is 0 Å². The molecule has 7 heteroatoms. The standard InChI is InChI=1S/C17H19FN4O2/c1-2-24-16-9-15(19-12-20-16)21-6-7-22(17(23)11-21)10-13-4-3-5-14(18)8-13/h3-5,8-9,12H,2,6-7,10-11H2,1H3. The number of carbonyl (C=O) groups excluding carboxylic acids is 1. The van der Waals surface area contributed by atoms with Gasteiger partial charge in [-0.1, -0.05) is 12.1 Å². The van der Waals surface area contributed by atoms with Crippen molar-refractivity contribution in [1.82, 2.24) is 14.9 Å². The third-order valence-electron chi connectivity index (χ3n) is 3.82. The number of rotatable bonds is 5. The average molecular weight is 330 g/mol. The van der Waals surface area contributed by atoms with Gasteiger partial charge in [-0.3, -0.25) is 4.79 Å². The molecule has 0 radical (unpaired) electrons. The Bertz CT molecular complexity index is 725. The normalized spacial score (nSPS) is 14.8. The van der Waals surface area contributed by atoms with Gasteiger partial charge in [-0.25, -0.2) is 14.4 Å². The Hall–Kier alpha value is -2.70. The molecule has 6 nitrogen and oxygen atoms in total. The van der Waals surface area contributed by atoms with Crippen molar-refractivity contribution in [1.29, 1.82) is 0 Å². The van der Waals surface area contributed by atoms with E-state index >= 15 is 0 Å². The first kappa shape index (κ1) is 16.2. The summed E-state index contributed by atoms with van der Waals surface area (Å²) in [6, 6.07) is 8.06. The molecule has 1 aromatic carbocycles. The Labute approximate surface area is 139 Å². The Morgan fingerprint density at radius 2 is 2.12 bits per heavy atom. The van der Waals surface area contributed by atoms with E-state index in [1.54, 1.807) is 17.0 Å². The van der Waals surface area contributed by atoms with Crippen molar-refractivity contribution >= 4 is 11.7 Å². The number of anilines is 1. The van der Waals surface area contributed by atoms with E-state index in [1.807, 2.05) is 17.9 Å². The smallest absolute Gasteiger partial charge is 0.242 e. The van der Waals surface area contributed by atoms with E-state index < -0.39 is 0 Å². The molecule has 1 amide bonds. The maximum absolute atomic E-state index is 13.3. The zero-order valence-electron chi connectivity index (χ0n) is 13.5. The molecule has 1 aliphatic heterocycles. The highest BCUT2D eigenvalue weighted by atomic mass is 19.1. The summed E-state index contributed by atoms with van der Waals surface area (Å²) in [4.78, 5) is 24.3. The van der Waals surface area contributed by atoms with Gasteiger partial charge < -0.3 is 14.5 Å². The van der Waals surface area contributed by atoms with Crippen molar-refractivity contribution in [2.45, 2.75) is 13.5 Å². The molecule has 0 unspecified atom stereocenters. The molecule has 0 saturated carbocycles. The molecule has 0 aliphatic carbocycles. The lowest BCUT2D eigenvalue weighted by molar-refractivity contribution is -0.131. The molecule has 0 atom stereocenters. The second-order valence-corrected chi connectivity index (χ2v) is 5.51. The fourth-order valence-electron chi connectivity index (χ4n) is 2.66. The second kappa shape index (κ2) is 7.25. The van der Waals surface area contributed by atoms with Gasteiger partial charge in [-0.15, -0.1) is 0 Å². The van der Waals surface area contributed by atoms with Crippen LogP contribution in [0.5, 0.6) is 5.88 Å². The van der Waals surface area contributed by atoms with Crippen LogP contribution in [0.2, 0.25) is 0 Å². The molecule has 1 saturated heterocycles. The molecular weight excluding hydrogens is 311 g/mol. The van der Waals surface area contributed by atoms with Crippen LogP contribution in [0, 0.1) is 5.82 Å². The quantitative estimate of drug-likeness (QED) is 0.837. The van der Waals surface area contributed by atoms with Gasteiger partial charge in [0.05, 0.1) is 13.2 Å². The summed E-state index contributed by atoms with van der Waals surface area (Å²) in [7, 11) is 0. The summed E-state index contributed by atoms with van der Waals surface area (Å²) in [6.07, 6.45) is 1.43. The largest absolute Gasteiger partial charge is 0.478 e. The molecule has 1 fully saturated rings. The minimum Gasteiger partial charge on any atom is -0.478 e.